The van der Waals surface area contributed by atoms with Gasteiger partial charge in [0.1, 0.15) is 13.6 Å². The number of ketones is 1. The second-order valence-electron chi connectivity index (χ2n) is 2.51. The topological polar surface area (TPSA) is 26.3 Å². The van der Waals surface area contributed by atoms with Crippen molar-refractivity contribution in [1.29, 1.82) is 0 Å². The van der Waals surface area contributed by atoms with Gasteiger partial charge in [0.15, 0.2) is 5.78 Å². The van der Waals surface area contributed by atoms with Gasteiger partial charge in [-0.3, -0.25) is 4.79 Å². The molecule has 0 amide bonds. The first-order chi connectivity index (χ1) is 5.65. The largest absolute Gasteiger partial charge is 0.497 e. The van der Waals surface area contributed by atoms with E-state index < -0.39 is 0 Å². The molecule has 12 heavy (non-hydrogen) atoms. The molecule has 0 aliphatic heterocycles. The second kappa shape index (κ2) is 3.43. The molecule has 2 radical (unpaired) electrons. The van der Waals surface area contributed by atoms with E-state index in [2.05, 4.69) is 0 Å². The second-order valence-corrected chi connectivity index (χ2v) is 2.51. The minimum atomic E-state index is -0.0496. The molecule has 2 nitrogen and oxygen atoms in total. The summed E-state index contributed by atoms with van der Waals surface area (Å²) in [4.78, 5) is 11.0. The number of Topliss-reactive ketones (excluding diaryl/α,β-unsaturated/α-hetero) is 1. The molecule has 0 aliphatic rings. The van der Waals surface area contributed by atoms with Gasteiger partial charge in [0, 0.05) is 5.56 Å². The van der Waals surface area contributed by atoms with Crippen LogP contribution in [0, 0.1) is 0 Å². The van der Waals surface area contributed by atoms with Gasteiger partial charge in [-0.05, 0) is 19.1 Å². The van der Waals surface area contributed by atoms with Crippen molar-refractivity contribution >= 4 is 19.1 Å². The molecule has 0 heterocycles. The average molecular weight is 160 g/mol. The summed E-state index contributed by atoms with van der Waals surface area (Å²) in [5, 5.41) is 0. The van der Waals surface area contributed by atoms with Crippen LogP contribution in [0.3, 0.4) is 0 Å². The highest BCUT2D eigenvalue weighted by molar-refractivity contribution is 6.36. The lowest BCUT2D eigenvalue weighted by Crippen LogP contribution is -2.13. The van der Waals surface area contributed by atoms with Crippen LogP contribution in [0.25, 0.3) is 0 Å². The number of hydrogen-bond acceptors (Lipinski definition) is 2. The van der Waals surface area contributed by atoms with E-state index in [1.807, 2.05) is 0 Å². The maximum atomic E-state index is 11.0. The van der Waals surface area contributed by atoms with E-state index in [1.54, 1.807) is 25.3 Å². The van der Waals surface area contributed by atoms with Gasteiger partial charge in [-0.15, -0.1) is 0 Å². The van der Waals surface area contributed by atoms with Gasteiger partial charge in [0.25, 0.3) is 0 Å². The molecule has 1 aromatic rings. The van der Waals surface area contributed by atoms with E-state index in [0.29, 0.717) is 16.8 Å². The minimum absolute atomic E-state index is 0.0496. The molecule has 3 heteroatoms. The van der Waals surface area contributed by atoms with Gasteiger partial charge in [0.05, 0.1) is 7.11 Å². The van der Waals surface area contributed by atoms with E-state index in [0.717, 1.165) is 0 Å². The average Bonchev–Trinajstić information content (AvgIpc) is 2.05. The molecule has 0 aliphatic carbocycles. The third-order valence-corrected chi connectivity index (χ3v) is 1.64. The lowest BCUT2D eigenvalue weighted by atomic mass is 9.89. The van der Waals surface area contributed by atoms with Crippen LogP contribution in [-0.2, 0) is 0 Å². The van der Waals surface area contributed by atoms with Crippen LogP contribution in [0.4, 0.5) is 0 Å². The number of rotatable bonds is 2. The summed E-state index contributed by atoms with van der Waals surface area (Å²) in [6.07, 6.45) is 0. The lowest BCUT2D eigenvalue weighted by Gasteiger charge is -2.04. The summed E-state index contributed by atoms with van der Waals surface area (Å²) in [7, 11) is 7.12. The monoisotopic (exact) mass is 160 g/mol. The Kier molecular flexibility index (Phi) is 2.53. The standard InChI is InChI=1S/C9H9BO2/c1-6(11)8-5-7(12-2)3-4-9(8)10/h3-5H,1-2H3. The maximum Gasteiger partial charge on any atom is 0.159 e. The minimum Gasteiger partial charge on any atom is -0.497 e. The summed E-state index contributed by atoms with van der Waals surface area (Å²) < 4.78 is 4.95. The first-order valence-corrected chi connectivity index (χ1v) is 3.59. The fourth-order valence-corrected chi connectivity index (χ4v) is 0.967. The number of carbonyl (C=O) groups is 1. The number of benzene rings is 1. The van der Waals surface area contributed by atoms with Crippen molar-refractivity contribution in [3.05, 3.63) is 23.8 Å². The van der Waals surface area contributed by atoms with Gasteiger partial charge >= 0.3 is 0 Å². The molecular weight excluding hydrogens is 151 g/mol. The third-order valence-electron chi connectivity index (χ3n) is 1.64. The Morgan fingerprint density at radius 3 is 2.67 bits per heavy atom. The molecule has 0 unspecified atom stereocenters. The highest BCUT2D eigenvalue weighted by Gasteiger charge is 2.03. The molecule has 0 saturated carbocycles. The Morgan fingerprint density at radius 2 is 2.17 bits per heavy atom. The Hall–Kier alpha value is -1.25. The molecule has 0 fully saturated rings. The van der Waals surface area contributed by atoms with Gasteiger partial charge in [-0.25, -0.2) is 0 Å². The van der Waals surface area contributed by atoms with Crippen molar-refractivity contribution in [2.24, 2.45) is 0 Å². The lowest BCUT2D eigenvalue weighted by molar-refractivity contribution is 0.101. The smallest absolute Gasteiger partial charge is 0.159 e. The fraction of sp³-hybridized carbons (Fsp3) is 0.222. The van der Waals surface area contributed by atoms with Gasteiger partial charge in [0.2, 0.25) is 0 Å². The van der Waals surface area contributed by atoms with Gasteiger partial charge in [-0.2, -0.15) is 0 Å². The molecular formula is C9H9BO2. The Labute approximate surface area is 73.0 Å². The van der Waals surface area contributed by atoms with Crippen molar-refractivity contribution in [1.82, 2.24) is 0 Å². The van der Waals surface area contributed by atoms with E-state index in [9.17, 15) is 4.79 Å². The molecule has 0 saturated heterocycles. The Balaban J connectivity index is 3.17. The first-order valence-electron chi connectivity index (χ1n) is 3.59. The SMILES string of the molecule is [B]c1ccc(OC)cc1C(C)=O. The summed E-state index contributed by atoms with van der Waals surface area (Å²) in [5.41, 5.74) is 0.998. The zero-order chi connectivity index (χ0) is 9.14. The van der Waals surface area contributed by atoms with E-state index in [-0.39, 0.29) is 5.78 Å². The quantitative estimate of drug-likeness (QED) is 0.470. The Bertz CT molecular complexity index is 307. The molecule has 60 valence electrons. The molecule has 1 rings (SSSR count). The Morgan fingerprint density at radius 1 is 1.50 bits per heavy atom. The van der Waals surface area contributed by atoms with Crippen LogP contribution in [0.5, 0.6) is 5.75 Å². The fourth-order valence-electron chi connectivity index (χ4n) is 0.967. The van der Waals surface area contributed by atoms with Crippen molar-refractivity contribution in [2.45, 2.75) is 6.92 Å². The molecule has 0 bridgehead atoms. The van der Waals surface area contributed by atoms with Crippen LogP contribution in [-0.4, -0.2) is 20.7 Å². The van der Waals surface area contributed by atoms with Crippen LogP contribution >= 0.6 is 0 Å². The summed E-state index contributed by atoms with van der Waals surface area (Å²) in [6.45, 7) is 1.48. The van der Waals surface area contributed by atoms with E-state index in [4.69, 9.17) is 12.6 Å². The number of hydrogen-bond donors (Lipinski definition) is 0. The summed E-state index contributed by atoms with van der Waals surface area (Å²) in [5.74, 6) is 0.598. The predicted octanol–water partition coefficient (Wildman–Crippen LogP) is 0.692. The number of carbonyl (C=O) groups excluding carboxylic acids is 1. The molecule has 0 atom stereocenters. The molecule has 0 spiro atoms. The van der Waals surface area contributed by atoms with Crippen LogP contribution in [0.2, 0.25) is 0 Å². The van der Waals surface area contributed by atoms with E-state index >= 15 is 0 Å². The van der Waals surface area contributed by atoms with Gasteiger partial charge < -0.3 is 4.74 Å². The first kappa shape index (κ1) is 8.85. The molecule has 0 aromatic heterocycles. The summed E-state index contributed by atoms with van der Waals surface area (Å²) in [6, 6.07) is 5.02. The van der Waals surface area contributed by atoms with Crippen LogP contribution in [0.15, 0.2) is 18.2 Å². The van der Waals surface area contributed by atoms with Crippen molar-refractivity contribution in [3.8, 4) is 5.75 Å². The van der Waals surface area contributed by atoms with Crippen molar-refractivity contribution < 1.29 is 9.53 Å². The predicted molar refractivity (Wildman–Crippen MR) is 48.4 cm³/mol. The van der Waals surface area contributed by atoms with Crippen molar-refractivity contribution in [2.75, 3.05) is 7.11 Å². The normalized spacial score (nSPS) is 9.50. The number of ether oxygens (including phenoxy) is 1. The maximum absolute atomic E-state index is 11.0. The molecule has 0 N–H and O–H groups in total. The highest BCUT2D eigenvalue weighted by Crippen LogP contribution is 2.10. The van der Waals surface area contributed by atoms with Crippen LogP contribution < -0.4 is 10.2 Å². The zero-order valence-electron chi connectivity index (χ0n) is 7.13. The molecule has 1 aromatic carbocycles. The van der Waals surface area contributed by atoms with Crippen molar-refractivity contribution in [3.63, 3.8) is 0 Å². The summed E-state index contributed by atoms with van der Waals surface area (Å²) >= 11 is 0. The third kappa shape index (κ3) is 1.67. The van der Waals surface area contributed by atoms with Crippen LogP contribution in [0.1, 0.15) is 17.3 Å². The van der Waals surface area contributed by atoms with Gasteiger partial charge in [-0.1, -0.05) is 11.5 Å². The van der Waals surface area contributed by atoms with E-state index in [1.165, 1.54) is 6.92 Å². The highest BCUT2D eigenvalue weighted by atomic mass is 16.5. The zero-order valence-corrected chi connectivity index (χ0v) is 7.13. The number of methoxy groups -OCH3 is 1.